The van der Waals surface area contributed by atoms with Gasteiger partial charge in [-0.2, -0.15) is 4.33 Å². The topological polar surface area (TPSA) is 60.2 Å². The Morgan fingerprint density at radius 3 is 2.55 bits per heavy atom. The van der Waals surface area contributed by atoms with Gasteiger partial charge < -0.3 is 15.4 Å². The van der Waals surface area contributed by atoms with Crippen molar-refractivity contribution in [1.82, 2.24) is 4.90 Å². The van der Waals surface area contributed by atoms with Crippen LogP contribution in [0.4, 0.5) is 11.4 Å². The highest BCUT2D eigenvalue weighted by molar-refractivity contribution is 7.94. The molecule has 0 amide bonds. The third-order valence-corrected chi connectivity index (χ3v) is 4.45. The van der Waals surface area contributed by atoms with Crippen LogP contribution in [0, 0.1) is 6.92 Å². The number of benzene rings is 1. The van der Waals surface area contributed by atoms with E-state index >= 15 is 0 Å². The van der Waals surface area contributed by atoms with Gasteiger partial charge in [0, 0.05) is 62.3 Å². The third-order valence-electron chi connectivity index (χ3n) is 3.87. The Hall–Kier alpha value is -1.15. The lowest BCUT2D eigenvalue weighted by Gasteiger charge is -2.36. The summed E-state index contributed by atoms with van der Waals surface area (Å²) in [5.41, 5.74) is 9.05. The number of anilines is 2. The lowest BCUT2D eigenvalue weighted by Crippen LogP contribution is -2.47. The molecule has 0 saturated carbocycles. The lowest BCUT2D eigenvalue weighted by molar-refractivity contribution is -0.160. The molecule has 0 spiro atoms. The van der Waals surface area contributed by atoms with E-state index in [9.17, 15) is 0 Å². The van der Waals surface area contributed by atoms with Gasteiger partial charge in [-0.25, -0.2) is 4.89 Å². The van der Waals surface area contributed by atoms with Gasteiger partial charge in [0.05, 0.1) is 19.9 Å². The van der Waals surface area contributed by atoms with E-state index in [0.29, 0.717) is 5.69 Å². The van der Waals surface area contributed by atoms with Crippen molar-refractivity contribution in [3.05, 3.63) is 17.7 Å². The first kappa shape index (κ1) is 17.2. The van der Waals surface area contributed by atoms with Crippen LogP contribution in [0.2, 0.25) is 0 Å². The van der Waals surface area contributed by atoms with Crippen LogP contribution >= 0.6 is 12.0 Å². The summed E-state index contributed by atoms with van der Waals surface area (Å²) < 4.78 is 10.2. The van der Waals surface area contributed by atoms with Gasteiger partial charge in [-0.1, -0.05) is 0 Å². The van der Waals surface area contributed by atoms with Gasteiger partial charge in [-0.05, 0) is 18.6 Å². The van der Waals surface area contributed by atoms with Gasteiger partial charge in [0.2, 0.25) is 0 Å². The molecule has 6 nitrogen and oxygen atoms in total. The molecule has 22 heavy (non-hydrogen) atoms. The first-order chi connectivity index (χ1) is 10.7. The number of nitrogen functional groups attached to an aromatic ring is 1. The molecule has 0 aliphatic carbocycles. The quantitative estimate of drug-likeness (QED) is 0.270. The van der Waals surface area contributed by atoms with E-state index in [1.165, 1.54) is 30.4 Å². The number of hydrogen-bond acceptors (Lipinski definition) is 7. The lowest BCUT2D eigenvalue weighted by atomic mass is 10.1. The summed E-state index contributed by atoms with van der Waals surface area (Å²) in [6, 6.07) is 4.03. The highest BCUT2D eigenvalue weighted by Crippen LogP contribution is 2.31. The van der Waals surface area contributed by atoms with E-state index in [-0.39, 0.29) is 0 Å². The molecule has 0 unspecified atom stereocenters. The molecule has 7 heteroatoms. The average molecular weight is 327 g/mol. The largest absolute Gasteiger partial charge is 0.495 e. The van der Waals surface area contributed by atoms with E-state index in [1.54, 1.807) is 7.11 Å². The van der Waals surface area contributed by atoms with Crippen LogP contribution in [0.15, 0.2) is 12.1 Å². The van der Waals surface area contributed by atoms with Crippen LogP contribution in [0.25, 0.3) is 0 Å². The summed E-state index contributed by atoms with van der Waals surface area (Å²) in [4.78, 5) is 9.40. The molecule has 0 bridgehead atoms. The second-order valence-electron chi connectivity index (χ2n) is 5.27. The van der Waals surface area contributed by atoms with Crippen molar-refractivity contribution in [2.45, 2.75) is 6.92 Å². The number of nitrogens with two attached hydrogens (primary N) is 1. The van der Waals surface area contributed by atoms with Crippen LogP contribution in [0.3, 0.4) is 0 Å². The van der Waals surface area contributed by atoms with Crippen molar-refractivity contribution in [2.24, 2.45) is 0 Å². The molecule has 124 valence electrons. The van der Waals surface area contributed by atoms with Crippen molar-refractivity contribution in [3.63, 3.8) is 0 Å². The molecular weight excluding hydrogens is 302 g/mol. The fourth-order valence-corrected chi connectivity index (χ4v) is 3.18. The Morgan fingerprint density at radius 2 is 1.91 bits per heavy atom. The summed E-state index contributed by atoms with van der Waals surface area (Å²) >= 11 is 1.35. The maximum atomic E-state index is 5.96. The summed E-state index contributed by atoms with van der Waals surface area (Å²) in [6.45, 7) is 7.19. The van der Waals surface area contributed by atoms with E-state index in [2.05, 4.69) is 21.6 Å². The predicted molar refractivity (Wildman–Crippen MR) is 91.3 cm³/mol. The van der Waals surface area contributed by atoms with Gasteiger partial charge in [-0.15, -0.1) is 0 Å². The minimum atomic E-state index is 0.692. The molecule has 0 aromatic heterocycles. The number of ether oxygens (including phenoxy) is 1. The molecule has 1 saturated heterocycles. The van der Waals surface area contributed by atoms with Crippen molar-refractivity contribution in [3.8, 4) is 5.75 Å². The summed E-state index contributed by atoms with van der Waals surface area (Å²) in [6.07, 6.45) is 0. The SMILES string of the molecule is COOSCCN1CCN(c2cc(OC)c(N)cc2C)CC1. The number of nitrogens with zero attached hydrogens (tertiary/aromatic N) is 2. The zero-order chi connectivity index (χ0) is 15.9. The number of piperazine rings is 1. The molecule has 2 N–H and O–H groups in total. The molecule has 1 heterocycles. The van der Waals surface area contributed by atoms with Gasteiger partial charge in [-0.3, -0.25) is 4.90 Å². The monoisotopic (exact) mass is 327 g/mol. The van der Waals surface area contributed by atoms with E-state index in [0.717, 1.165) is 44.2 Å². The molecule has 1 aliphatic heterocycles. The summed E-state index contributed by atoms with van der Waals surface area (Å²) in [5.74, 6) is 1.65. The predicted octanol–water partition coefficient (Wildman–Crippen LogP) is 1.93. The maximum Gasteiger partial charge on any atom is 0.143 e. The molecule has 0 atom stereocenters. The molecule has 1 aromatic rings. The van der Waals surface area contributed by atoms with Gasteiger partial charge in [0.15, 0.2) is 0 Å². The fraction of sp³-hybridized carbons (Fsp3) is 0.600. The molecule has 0 radical (unpaired) electrons. The van der Waals surface area contributed by atoms with E-state index < -0.39 is 0 Å². The van der Waals surface area contributed by atoms with Gasteiger partial charge >= 0.3 is 0 Å². The van der Waals surface area contributed by atoms with E-state index in [4.69, 9.17) is 14.8 Å². The zero-order valence-electron chi connectivity index (χ0n) is 13.5. The summed E-state index contributed by atoms with van der Waals surface area (Å²) in [7, 11) is 3.18. The van der Waals surface area contributed by atoms with Crippen LogP contribution < -0.4 is 15.4 Å². The number of aryl methyl sites for hydroxylation is 1. The van der Waals surface area contributed by atoms with Gasteiger partial charge in [0.25, 0.3) is 0 Å². The zero-order valence-corrected chi connectivity index (χ0v) is 14.3. The fourth-order valence-electron chi connectivity index (χ4n) is 2.68. The highest BCUT2D eigenvalue weighted by atomic mass is 32.2. The molecule has 1 aromatic carbocycles. The van der Waals surface area contributed by atoms with Crippen LogP contribution in [-0.2, 0) is 9.22 Å². The second kappa shape index (κ2) is 8.47. The van der Waals surface area contributed by atoms with Crippen LogP contribution in [-0.4, -0.2) is 57.6 Å². The van der Waals surface area contributed by atoms with Gasteiger partial charge in [0.1, 0.15) is 5.75 Å². The minimum Gasteiger partial charge on any atom is -0.495 e. The molecular formula is C15H25N3O3S. The Balaban J connectivity index is 1.89. The van der Waals surface area contributed by atoms with E-state index in [1.807, 2.05) is 12.1 Å². The Bertz CT molecular complexity index is 479. The molecule has 1 aliphatic rings. The average Bonchev–Trinajstić information content (AvgIpc) is 2.53. The normalized spacial score (nSPS) is 16.0. The standard InChI is InChI=1S/C15H25N3O3S/c1-12-10-13(16)15(19-2)11-14(12)18-6-4-17(5-7-18)8-9-22-21-20-3/h10-11H,4-9,16H2,1-3H3. The minimum absolute atomic E-state index is 0.692. The first-order valence-corrected chi connectivity index (χ1v) is 8.30. The van der Waals surface area contributed by atoms with Crippen molar-refractivity contribution in [2.75, 3.05) is 63.3 Å². The Labute approximate surface area is 136 Å². The van der Waals surface area contributed by atoms with Crippen molar-refractivity contribution >= 4 is 23.4 Å². The Kier molecular flexibility index (Phi) is 6.63. The maximum absolute atomic E-state index is 5.96. The number of hydrogen-bond donors (Lipinski definition) is 1. The molecule has 1 fully saturated rings. The Morgan fingerprint density at radius 1 is 1.18 bits per heavy atom. The van der Waals surface area contributed by atoms with Crippen molar-refractivity contribution in [1.29, 1.82) is 0 Å². The van der Waals surface area contributed by atoms with Crippen LogP contribution in [0.5, 0.6) is 5.75 Å². The summed E-state index contributed by atoms with van der Waals surface area (Å²) in [5, 5.41) is 0. The number of rotatable bonds is 7. The van der Waals surface area contributed by atoms with Crippen molar-refractivity contribution < 1.29 is 14.0 Å². The van der Waals surface area contributed by atoms with Crippen LogP contribution in [0.1, 0.15) is 5.56 Å². The molecule has 2 rings (SSSR count). The first-order valence-electron chi connectivity index (χ1n) is 7.39. The third kappa shape index (κ3) is 4.42. The number of methoxy groups -OCH3 is 1. The second-order valence-corrected chi connectivity index (χ2v) is 6.05. The highest BCUT2D eigenvalue weighted by Gasteiger charge is 2.19. The smallest absolute Gasteiger partial charge is 0.143 e.